The molecule has 1 aromatic heterocycles. The van der Waals surface area contributed by atoms with Crippen LogP contribution < -0.4 is 4.74 Å². The van der Waals surface area contributed by atoms with Crippen LogP contribution in [-0.4, -0.2) is 11.6 Å². The predicted octanol–water partition coefficient (Wildman–Crippen LogP) is 4.67. The van der Waals surface area contributed by atoms with Gasteiger partial charge in [-0.15, -0.1) is 11.3 Å². The summed E-state index contributed by atoms with van der Waals surface area (Å²) in [4.78, 5) is 4.68. The van der Waals surface area contributed by atoms with Crippen LogP contribution in [0.5, 0.6) is 5.75 Å². The first-order valence-corrected chi connectivity index (χ1v) is 7.18. The summed E-state index contributed by atoms with van der Waals surface area (Å²) in [6.45, 7) is 4.79. The van der Waals surface area contributed by atoms with E-state index in [9.17, 15) is 0 Å². The summed E-state index contributed by atoms with van der Waals surface area (Å²) in [6, 6.07) is 14.5. The van der Waals surface area contributed by atoms with Crippen molar-refractivity contribution < 1.29 is 4.74 Å². The van der Waals surface area contributed by atoms with Gasteiger partial charge in [-0.1, -0.05) is 6.07 Å². The van der Waals surface area contributed by atoms with Crippen LogP contribution in [0.4, 0.5) is 0 Å². The van der Waals surface area contributed by atoms with Gasteiger partial charge in [-0.3, -0.25) is 0 Å². The largest absolute Gasteiger partial charge is 0.494 e. The summed E-state index contributed by atoms with van der Waals surface area (Å²) in [5.41, 5.74) is 3.48. The number of aromatic nitrogens is 1. The topological polar surface area (TPSA) is 22.1 Å². The minimum Gasteiger partial charge on any atom is -0.494 e. The van der Waals surface area contributed by atoms with E-state index >= 15 is 0 Å². The minimum atomic E-state index is 0.694. The maximum atomic E-state index is 5.45. The number of thiazole rings is 1. The van der Waals surface area contributed by atoms with E-state index in [1.165, 1.54) is 10.3 Å². The highest BCUT2D eigenvalue weighted by molar-refractivity contribution is 7.21. The molecule has 3 aromatic rings. The smallest absolute Gasteiger partial charge is 0.124 e. The van der Waals surface area contributed by atoms with E-state index in [4.69, 9.17) is 4.74 Å². The molecule has 1 heterocycles. The van der Waals surface area contributed by atoms with Crippen LogP contribution in [-0.2, 0) is 0 Å². The van der Waals surface area contributed by atoms with Gasteiger partial charge in [0.1, 0.15) is 10.8 Å². The molecule has 0 bridgehead atoms. The van der Waals surface area contributed by atoms with E-state index in [2.05, 4.69) is 42.2 Å². The fraction of sp³-hybridized carbons (Fsp3) is 0.188. The highest BCUT2D eigenvalue weighted by Gasteiger charge is 2.06. The third-order valence-electron chi connectivity index (χ3n) is 2.96. The summed E-state index contributed by atoms with van der Waals surface area (Å²) in [7, 11) is 0. The molecule has 0 N–H and O–H groups in total. The average Bonchev–Trinajstić information content (AvgIpc) is 2.83. The number of benzene rings is 2. The molecular weight excluding hydrogens is 254 g/mol. The van der Waals surface area contributed by atoms with E-state index in [1.807, 2.05) is 19.1 Å². The lowest BCUT2D eigenvalue weighted by atomic mass is 10.2. The highest BCUT2D eigenvalue weighted by atomic mass is 32.1. The number of nitrogens with zero attached hydrogens (tertiary/aromatic N) is 1. The second-order valence-electron chi connectivity index (χ2n) is 4.45. The van der Waals surface area contributed by atoms with Crippen molar-refractivity contribution in [3.8, 4) is 16.3 Å². The molecule has 0 radical (unpaired) electrons. The molecule has 0 aliphatic rings. The van der Waals surface area contributed by atoms with E-state index in [-0.39, 0.29) is 0 Å². The lowest BCUT2D eigenvalue weighted by Gasteiger charge is -2.02. The number of hydrogen-bond donors (Lipinski definition) is 0. The molecule has 0 aliphatic carbocycles. The summed E-state index contributed by atoms with van der Waals surface area (Å²) in [5.74, 6) is 0.906. The van der Waals surface area contributed by atoms with Gasteiger partial charge in [0, 0.05) is 5.56 Å². The predicted molar refractivity (Wildman–Crippen MR) is 81.0 cm³/mol. The quantitative estimate of drug-likeness (QED) is 0.689. The zero-order valence-corrected chi connectivity index (χ0v) is 11.8. The number of hydrogen-bond acceptors (Lipinski definition) is 3. The molecule has 0 amide bonds. The minimum absolute atomic E-state index is 0.694. The Labute approximate surface area is 116 Å². The molecule has 0 aliphatic heterocycles. The molecule has 2 nitrogen and oxygen atoms in total. The molecule has 19 heavy (non-hydrogen) atoms. The van der Waals surface area contributed by atoms with Crippen molar-refractivity contribution >= 4 is 21.6 Å². The van der Waals surface area contributed by atoms with E-state index in [0.29, 0.717) is 6.61 Å². The van der Waals surface area contributed by atoms with Crippen molar-refractivity contribution in [3.63, 3.8) is 0 Å². The molecule has 0 saturated heterocycles. The molecule has 0 atom stereocenters. The van der Waals surface area contributed by atoms with Gasteiger partial charge in [-0.25, -0.2) is 4.98 Å². The molecule has 0 fully saturated rings. The van der Waals surface area contributed by atoms with E-state index in [0.717, 1.165) is 21.8 Å². The van der Waals surface area contributed by atoms with Crippen molar-refractivity contribution in [2.24, 2.45) is 0 Å². The monoisotopic (exact) mass is 269 g/mol. The van der Waals surface area contributed by atoms with Gasteiger partial charge in [0.25, 0.3) is 0 Å². The fourth-order valence-electron chi connectivity index (χ4n) is 2.02. The fourth-order valence-corrected chi connectivity index (χ4v) is 3.09. The Bertz CT molecular complexity index is 700. The highest BCUT2D eigenvalue weighted by Crippen LogP contribution is 2.31. The third-order valence-corrected chi connectivity index (χ3v) is 4.02. The molecule has 96 valence electrons. The zero-order valence-electron chi connectivity index (χ0n) is 11.0. The first-order valence-electron chi connectivity index (χ1n) is 6.36. The molecule has 0 spiro atoms. The normalized spacial score (nSPS) is 10.8. The van der Waals surface area contributed by atoms with Crippen LogP contribution in [0.3, 0.4) is 0 Å². The van der Waals surface area contributed by atoms with Crippen LogP contribution in [0.1, 0.15) is 12.5 Å². The number of fused-ring (bicyclic) bond motifs is 1. The van der Waals surface area contributed by atoms with Crippen molar-refractivity contribution in [2.75, 3.05) is 6.61 Å². The second-order valence-corrected chi connectivity index (χ2v) is 5.48. The lowest BCUT2D eigenvalue weighted by molar-refractivity contribution is 0.340. The molecule has 2 aromatic carbocycles. The standard InChI is InChI=1S/C16H15NOS/c1-3-18-13-7-5-12(6-8-13)16-17-14-9-4-11(2)10-15(14)19-16/h4-10H,3H2,1-2H3. The van der Waals surface area contributed by atoms with Crippen LogP contribution in [0, 0.1) is 6.92 Å². The molecule has 0 unspecified atom stereocenters. The summed E-state index contributed by atoms with van der Waals surface area (Å²) in [5, 5.41) is 1.06. The zero-order chi connectivity index (χ0) is 13.2. The lowest BCUT2D eigenvalue weighted by Crippen LogP contribution is -1.90. The van der Waals surface area contributed by atoms with Crippen LogP contribution in [0.2, 0.25) is 0 Å². The molecule has 3 rings (SSSR count). The summed E-state index contributed by atoms with van der Waals surface area (Å²) < 4.78 is 6.69. The maximum Gasteiger partial charge on any atom is 0.124 e. The number of rotatable bonds is 3. The second kappa shape index (κ2) is 5.02. The van der Waals surface area contributed by atoms with Gasteiger partial charge >= 0.3 is 0 Å². The van der Waals surface area contributed by atoms with Gasteiger partial charge in [0.2, 0.25) is 0 Å². The number of ether oxygens (including phenoxy) is 1. The van der Waals surface area contributed by atoms with Gasteiger partial charge < -0.3 is 4.74 Å². The molecule has 0 saturated carbocycles. The van der Waals surface area contributed by atoms with Crippen molar-refractivity contribution in [2.45, 2.75) is 13.8 Å². The summed E-state index contributed by atoms with van der Waals surface area (Å²) in [6.07, 6.45) is 0. The van der Waals surface area contributed by atoms with Gasteiger partial charge in [0.05, 0.1) is 16.8 Å². The molecule has 3 heteroatoms. The Morgan fingerprint density at radius 2 is 1.89 bits per heavy atom. The van der Waals surface area contributed by atoms with Crippen molar-refractivity contribution in [1.29, 1.82) is 0 Å². The Morgan fingerprint density at radius 3 is 2.63 bits per heavy atom. The Balaban J connectivity index is 1.99. The van der Waals surface area contributed by atoms with Crippen molar-refractivity contribution in [1.82, 2.24) is 4.98 Å². The van der Waals surface area contributed by atoms with Crippen LogP contribution >= 0.6 is 11.3 Å². The number of aryl methyl sites for hydroxylation is 1. The Hall–Kier alpha value is -1.87. The van der Waals surface area contributed by atoms with Crippen LogP contribution in [0.25, 0.3) is 20.8 Å². The van der Waals surface area contributed by atoms with Crippen LogP contribution in [0.15, 0.2) is 42.5 Å². The van der Waals surface area contributed by atoms with Gasteiger partial charge in [0.15, 0.2) is 0 Å². The first kappa shape index (κ1) is 12.2. The average molecular weight is 269 g/mol. The van der Waals surface area contributed by atoms with E-state index < -0.39 is 0 Å². The van der Waals surface area contributed by atoms with Crippen molar-refractivity contribution in [3.05, 3.63) is 48.0 Å². The maximum absolute atomic E-state index is 5.45. The van der Waals surface area contributed by atoms with Gasteiger partial charge in [-0.2, -0.15) is 0 Å². The first-order chi connectivity index (χ1) is 9.26. The van der Waals surface area contributed by atoms with E-state index in [1.54, 1.807) is 11.3 Å². The Kier molecular flexibility index (Phi) is 3.22. The third kappa shape index (κ3) is 2.47. The van der Waals surface area contributed by atoms with Gasteiger partial charge in [-0.05, 0) is 55.8 Å². The summed E-state index contributed by atoms with van der Waals surface area (Å²) >= 11 is 1.73. The SMILES string of the molecule is CCOc1ccc(-c2nc3ccc(C)cc3s2)cc1. The Morgan fingerprint density at radius 1 is 1.11 bits per heavy atom. The molecular formula is C16H15NOS.